The minimum atomic E-state index is -1.28. The first-order valence-electron chi connectivity index (χ1n) is 10.2. The van der Waals surface area contributed by atoms with Crippen molar-refractivity contribution in [3.8, 4) is 0 Å². The number of anilines is 2. The molecule has 0 fully saturated rings. The van der Waals surface area contributed by atoms with Crippen LogP contribution in [0.3, 0.4) is 0 Å². The number of hydrogen-bond acceptors (Lipinski definition) is 7. The number of amides is 1. The number of aliphatic carboxylic acids is 1. The summed E-state index contributed by atoms with van der Waals surface area (Å²) in [6.07, 6.45) is 0.119. The quantitative estimate of drug-likeness (QED) is 0.389. The molecule has 0 saturated heterocycles. The summed E-state index contributed by atoms with van der Waals surface area (Å²) in [5.41, 5.74) is 7.51. The van der Waals surface area contributed by atoms with Crippen molar-refractivity contribution in [2.24, 2.45) is 11.7 Å². The summed E-state index contributed by atoms with van der Waals surface area (Å²) in [7, 11) is 0. The number of aromatic nitrogens is 1. The fourth-order valence-electron chi connectivity index (χ4n) is 3.42. The number of nitrogens with zero attached hydrogens (tertiary/aromatic N) is 1. The van der Waals surface area contributed by atoms with Gasteiger partial charge in [-0.3, -0.25) is 9.59 Å². The summed E-state index contributed by atoms with van der Waals surface area (Å²) >= 11 is 0. The molecule has 33 heavy (non-hydrogen) atoms. The van der Waals surface area contributed by atoms with Gasteiger partial charge in [-0.1, -0.05) is 30.3 Å². The van der Waals surface area contributed by atoms with E-state index in [1.807, 2.05) is 19.9 Å². The molecule has 2 aromatic carbocycles. The average Bonchev–Trinajstić information content (AvgIpc) is 2.71. The van der Waals surface area contributed by atoms with Crippen LogP contribution >= 0.6 is 12.4 Å². The van der Waals surface area contributed by atoms with Crippen LogP contribution in [-0.4, -0.2) is 34.1 Å². The number of rotatable bonds is 8. The van der Waals surface area contributed by atoms with Crippen molar-refractivity contribution in [1.82, 2.24) is 4.98 Å². The molecule has 0 aliphatic heterocycles. The van der Waals surface area contributed by atoms with E-state index in [2.05, 4.69) is 15.6 Å². The number of carboxylic acids is 1. The van der Waals surface area contributed by atoms with Crippen LogP contribution < -0.4 is 22.0 Å². The van der Waals surface area contributed by atoms with Crippen LogP contribution in [0.5, 0.6) is 0 Å². The van der Waals surface area contributed by atoms with Gasteiger partial charge in [0.1, 0.15) is 0 Å². The number of aryl methyl sites for hydroxylation is 1. The van der Waals surface area contributed by atoms with Gasteiger partial charge in [0, 0.05) is 11.7 Å². The van der Waals surface area contributed by atoms with Crippen LogP contribution in [0.4, 0.5) is 11.7 Å². The highest BCUT2D eigenvalue weighted by Gasteiger charge is 2.31. The number of hydrogen-bond donors (Lipinski definition) is 4. The summed E-state index contributed by atoms with van der Waals surface area (Å²) in [4.78, 5) is 41.2. The lowest BCUT2D eigenvalue weighted by atomic mass is 9.92. The molecular formula is C23H27ClN4O5. The third-order valence-corrected chi connectivity index (χ3v) is 4.96. The van der Waals surface area contributed by atoms with Crippen LogP contribution in [-0.2, 0) is 16.0 Å². The van der Waals surface area contributed by atoms with Gasteiger partial charge in [0.15, 0.2) is 0 Å². The second kappa shape index (κ2) is 10.9. The van der Waals surface area contributed by atoms with Gasteiger partial charge in [-0.05, 0) is 50.5 Å². The fraction of sp³-hybridized carbons (Fsp3) is 0.304. The monoisotopic (exact) mass is 474 g/mol. The molecule has 1 aromatic heterocycles. The molecule has 10 heteroatoms. The zero-order valence-electron chi connectivity index (χ0n) is 18.5. The number of nitrogens with one attached hydrogen (secondary N) is 2. The minimum Gasteiger partial charge on any atom is -0.481 e. The van der Waals surface area contributed by atoms with E-state index < -0.39 is 29.5 Å². The number of carboxylic acid groups (broad SMARTS) is 1. The van der Waals surface area contributed by atoms with Crippen molar-refractivity contribution in [3.05, 3.63) is 64.0 Å². The van der Waals surface area contributed by atoms with E-state index in [-0.39, 0.29) is 30.9 Å². The Bertz CT molecular complexity index is 1200. The molecule has 0 spiro atoms. The summed E-state index contributed by atoms with van der Waals surface area (Å²) in [5, 5.41) is 15.5. The summed E-state index contributed by atoms with van der Waals surface area (Å²) in [5.74, 6) is -2.91. The lowest BCUT2D eigenvalue weighted by Crippen LogP contribution is -2.46. The number of nitrogens with two attached hydrogens (primary N) is 1. The molecule has 3 rings (SSSR count). The van der Waals surface area contributed by atoms with E-state index in [4.69, 9.17) is 10.2 Å². The predicted octanol–water partition coefficient (Wildman–Crippen LogP) is 2.95. The molecule has 9 nitrogen and oxygen atoms in total. The number of benzene rings is 2. The topological polar surface area (TPSA) is 148 Å². The van der Waals surface area contributed by atoms with Crippen molar-refractivity contribution in [1.29, 1.82) is 0 Å². The summed E-state index contributed by atoms with van der Waals surface area (Å²) in [6.45, 7) is 5.45. The van der Waals surface area contributed by atoms with Crippen LogP contribution in [0.15, 0.2) is 51.7 Å². The normalized spacial score (nSPS) is 12.6. The zero-order chi connectivity index (χ0) is 23.4. The molecule has 0 saturated carbocycles. The van der Waals surface area contributed by atoms with E-state index in [0.29, 0.717) is 22.2 Å². The van der Waals surface area contributed by atoms with Crippen LogP contribution in [0.2, 0.25) is 0 Å². The first-order valence-corrected chi connectivity index (χ1v) is 10.2. The smallest absolute Gasteiger partial charge is 0.348 e. The Labute approximate surface area is 196 Å². The predicted molar refractivity (Wildman–Crippen MR) is 129 cm³/mol. The molecule has 0 aliphatic carbocycles. The van der Waals surface area contributed by atoms with Crippen molar-refractivity contribution in [2.75, 3.05) is 10.6 Å². The Morgan fingerprint density at radius 1 is 1.18 bits per heavy atom. The molecule has 176 valence electrons. The third-order valence-electron chi connectivity index (χ3n) is 4.96. The standard InChI is InChI=1S/C23H26N4O5.ClH/c1-12(2)25-23-27-17-11-15(9-13(3)18(17)22(31)32-23)26-20(28)19(24)16(21(29)30)10-14-7-5-4-6-8-14;/h4-9,11-12,16,19H,10,24H2,1-3H3,(H,25,27)(H,26,28)(H,29,30);1H/t16?,19-;/m0./s1. The lowest BCUT2D eigenvalue weighted by molar-refractivity contribution is -0.144. The second-order valence-corrected chi connectivity index (χ2v) is 7.94. The Morgan fingerprint density at radius 2 is 1.85 bits per heavy atom. The maximum Gasteiger partial charge on any atom is 0.348 e. The highest BCUT2D eigenvalue weighted by atomic mass is 35.5. The Morgan fingerprint density at radius 3 is 2.45 bits per heavy atom. The first kappa shape index (κ1) is 25.8. The van der Waals surface area contributed by atoms with Gasteiger partial charge in [0.05, 0.1) is 22.9 Å². The van der Waals surface area contributed by atoms with E-state index >= 15 is 0 Å². The van der Waals surface area contributed by atoms with Crippen LogP contribution in [0.25, 0.3) is 10.9 Å². The van der Waals surface area contributed by atoms with Gasteiger partial charge in [-0.25, -0.2) is 4.79 Å². The van der Waals surface area contributed by atoms with E-state index in [0.717, 1.165) is 5.56 Å². The second-order valence-electron chi connectivity index (χ2n) is 7.94. The van der Waals surface area contributed by atoms with Crippen molar-refractivity contribution in [2.45, 2.75) is 39.3 Å². The molecule has 0 bridgehead atoms. The maximum atomic E-state index is 12.8. The number of carbonyl (C=O) groups excluding carboxylic acids is 1. The molecule has 3 aromatic rings. The van der Waals surface area contributed by atoms with Gasteiger partial charge in [0.2, 0.25) is 5.91 Å². The molecule has 0 aliphatic rings. The minimum absolute atomic E-state index is 0. The van der Waals surface area contributed by atoms with Gasteiger partial charge >= 0.3 is 11.6 Å². The maximum absolute atomic E-state index is 12.8. The highest BCUT2D eigenvalue weighted by Crippen LogP contribution is 2.22. The zero-order valence-corrected chi connectivity index (χ0v) is 19.3. The van der Waals surface area contributed by atoms with Crippen molar-refractivity contribution >= 4 is 46.9 Å². The average molecular weight is 475 g/mol. The molecular weight excluding hydrogens is 448 g/mol. The van der Waals surface area contributed by atoms with Gasteiger partial charge in [-0.15, -0.1) is 12.4 Å². The molecule has 0 radical (unpaired) electrons. The van der Waals surface area contributed by atoms with E-state index in [1.54, 1.807) is 37.3 Å². The van der Waals surface area contributed by atoms with E-state index in [9.17, 15) is 19.5 Å². The number of carbonyl (C=O) groups is 2. The summed E-state index contributed by atoms with van der Waals surface area (Å²) < 4.78 is 5.21. The fourth-order valence-corrected chi connectivity index (χ4v) is 3.42. The SMILES string of the molecule is Cc1cc(NC(=O)[C@@H](N)C(Cc2ccccc2)C(=O)O)cc2nc(NC(C)C)oc(=O)c12.Cl. The van der Waals surface area contributed by atoms with Crippen molar-refractivity contribution in [3.63, 3.8) is 0 Å². The van der Waals surface area contributed by atoms with E-state index in [1.165, 1.54) is 6.07 Å². The Balaban J connectivity index is 0.00000385. The van der Waals surface area contributed by atoms with Gasteiger partial charge < -0.3 is 25.9 Å². The van der Waals surface area contributed by atoms with Crippen LogP contribution in [0, 0.1) is 12.8 Å². The Kier molecular flexibility index (Phi) is 8.56. The van der Waals surface area contributed by atoms with Crippen LogP contribution in [0.1, 0.15) is 25.0 Å². The highest BCUT2D eigenvalue weighted by molar-refractivity contribution is 5.99. The number of fused-ring (bicyclic) bond motifs is 1. The number of halogens is 1. The Hall–Kier alpha value is -3.43. The van der Waals surface area contributed by atoms with Gasteiger partial charge in [0.25, 0.3) is 6.01 Å². The summed E-state index contributed by atoms with van der Waals surface area (Å²) in [6, 6.07) is 10.9. The molecule has 2 atom stereocenters. The molecule has 5 N–H and O–H groups in total. The largest absolute Gasteiger partial charge is 0.481 e. The lowest BCUT2D eigenvalue weighted by Gasteiger charge is -2.20. The van der Waals surface area contributed by atoms with Crippen molar-refractivity contribution < 1.29 is 19.1 Å². The molecule has 1 heterocycles. The van der Waals surface area contributed by atoms with Gasteiger partial charge in [-0.2, -0.15) is 4.98 Å². The first-order chi connectivity index (χ1) is 15.2. The molecule has 1 amide bonds. The molecule has 1 unspecified atom stereocenters. The third kappa shape index (κ3) is 6.30.